The van der Waals surface area contributed by atoms with Crippen molar-refractivity contribution in [2.75, 3.05) is 26.2 Å². The highest BCUT2D eigenvalue weighted by atomic mass is 35.5. The van der Waals surface area contributed by atoms with Gasteiger partial charge < -0.3 is 26.2 Å². The second kappa shape index (κ2) is 11.1. The number of nitrogens with zero attached hydrogens (tertiary/aromatic N) is 2. The number of carboxylic acid groups (broad SMARTS) is 2. The first kappa shape index (κ1) is 28.0. The van der Waals surface area contributed by atoms with Gasteiger partial charge >= 0.3 is 11.9 Å². The number of amides is 1. The van der Waals surface area contributed by atoms with Crippen LogP contribution in [0.5, 0.6) is 0 Å². The van der Waals surface area contributed by atoms with E-state index in [0.29, 0.717) is 25.2 Å². The molecule has 9 nitrogen and oxygen atoms in total. The van der Waals surface area contributed by atoms with Crippen LogP contribution in [-0.2, 0) is 14.4 Å². The van der Waals surface area contributed by atoms with E-state index < -0.39 is 17.9 Å². The molecule has 1 amide bonds. The second-order valence-electron chi connectivity index (χ2n) is 11.2. The third kappa shape index (κ3) is 5.42. The molecular weight excluding hydrogens is 543 g/mol. The van der Waals surface area contributed by atoms with Gasteiger partial charge in [-0.2, -0.15) is 0 Å². The molecule has 1 aromatic rings. The summed E-state index contributed by atoms with van der Waals surface area (Å²) in [5.74, 6) is -2.64. The number of piperazine rings is 1. The van der Waals surface area contributed by atoms with Crippen LogP contribution in [0.15, 0.2) is 40.7 Å². The number of allylic oxidation sites excluding steroid dienone is 1. The minimum atomic E-state index is -1.34. The van der Waals surface area contributed by atoms with Gasteiger partial charge in [-0.15, -0.1) is 0 Å². The summed E-state index contributed by atoms with van der Waals surface area (Å²) in [4.78, 5) is 42.5. The van der Waals surface area contributed by atoms with E-state index in [9.17, 15) is 24.6 Å². The summed E-state index contributed by atoms with van der Waals surface area (Å²) < 4.78 is 0. The molecule has 5 N–H and O–H groups in total. The van der Waals surface area contributed by atoms with Crippen molar-refractivity contribution in [1.29, 1.82) is 0 Å². The van der Waals surface area contributed by atoms with E-state index in [1.165, 1.54) is 25.0 Å². The predicted octanol–water partition coefficient (Wildman–Crippen LogP) is 3.43. The molecule has 11 heteroatoms. The Hall–Kier alpha value is -2.59. The Morgan fingerprint density at radius 1 is 0.949 bits per heavy atom. The molecule has 39 heavy (non-hydrogen) atoms. The molecule has 1 aromatic carbocycles. The number of carbonyl (C=O) groups excluding carboxylic acids is 1. The molecule has 5 rings (SSSR count). The lowest BCUT2D eigenvalue weighted by Gasteiger charge is -2.39. The van der Waals surface area contributed by atoms with Gasteiger partial charge in [-0.1, -0.05) is 29.3 Å². The van der Waals surface area contributed by atoms with Crippen molar-refractivity contribution in [3.8, 4) is 0 Å². The zero-order chi connectivity index (χ0) is 28.0. The van der Waals surface area contributed by atoms with Crippen molar-refractivity contribution in [3.05, 3.63) is 56.3 Å². The van der Waals surface area contributed by atoms with Crippen molar-refractivity contribution in [2.45, 2.75) is 57.0 Å². The van der Waals surface area contributed by atoms with E-state index in [0.717, 1.165) is 37.8 Å². The molecule has 2 saturated carbocycles. The Balaban J connectivity index is 1.33. The van der Waals surface area contributed by atoms with E-state index in [1.54, 1.807) is 17.9 Å². The van der Waals surface area contributed by atoms with Gasteiger partial charge in [0.15, 0.2) is 0 Å². The van der Waals surface area contributed by atoms with E-state index in [2.05, 4.69) is 10.2 Å². The van der Waals surface area contributed by atoms with Crippen LogP contribution < -0.4 is 11.1 Å². The number of nitrogens with one attached hydrogen (secondary N) is 1. The molecule has 0 aromatic heterocycles. The highest BCUT2D eigenvalue weighted by molar-refractivity contribution is 6.36. The van der Waals surface area contributed by atoms with E-state index in [-0.39, 0.29) is 50.5 Å². The number of dihydropyridines is 1. The number of carbonyl (C=O) groups is 3. The van der Waals surface area contributed by atoms with Crippen LogP contribution in [0.1, 0.15) is 50.5 Å². The highest BCUT2D eigenvalue weighted by Crippen LogP contribution is 2.46. The van der Waals surface area contributed by atoms with Crippen molar-refractivity contribution >= 4 is 41.0 Å². The monoisotopic (exact) mass is 576 g/mol. The largest absolute Gasteiger partial charge is 0.478 e. The first-order chi connectivity index (χ1) is 18.5. The number of hydrogen-bond donors (Lipinski definition) is 4. The van der Waals surface area contributed by atoms with Crippen LogP contribution in [0.2, 0.25) is 10.0 Å². The SMILES string of the molecule is CC1=C(C(=O)O)C(c2c(Cl)cccc2Cl)C(C(=O)O)=C(CC(=O)N2CCN(C3CC4CC(N)CC4C3)CC2)N1. The Morgan fingerprint density at radius 2 is 1.51 bits per heavy atom. The summed E-state index contributed by atoms with van der Waals surface area (Å²) >= 11 is 12.8. The normalized spacial score (nSPS) is 29.4. The first-order valence-electron chi connectivity index (χ1n) is 13.4. The maximum atomic E-state index is 13.4. The zero-order valence-corrected chi connectivity index (χ0v) is 23.3. The number of aliphatic carboxylic acids is 2. The minimum absolute atomic E-state index is 0.151. The maximum Gasteiger partial charge on any atom is 0.334 e. The third-order valence-electron chi connectivity index (χ3n) is 8.93. The number of halogens is 2. The Bertz CT molecular complexity index is 1220. The Labute approximate surface area is 237 Å². The zero-order valence-electron chi connectivity index (χ0n) is 21.8. The molecule has 3 atom stereocenters. The lowest BCUT2D eigenvalue weighted by Crippen LogP contribution is -2.52. The van der Waals surface area contributed by atoms with Gasteiger partial charge in [-0.05, 0) is 56.6 Å². The molecule has 4 aliphatic rings. The number of rotatable bonds is 6. The molecule has 210 valence electrons. The number of nitrogens with two attached hydrogens (primary N) is 1. The van der Waals surface area contributed by atoms with Crippen molar-refractivity contribution in [1.82, 2.24) is 15.1 Å². The van der Waals surface area contributed by atoms with Crippen LogP contribution in [0.3, 0.4) is 0 Å². The summed E-state index contributed by atoms with van der Waals surface area (Å²) in [6.45, 7) is 4.23. The average Bonchev–Trinajstić information content (AvgIpc) is 3.41. The molecule has 3 unspecified atom stereocenters. The Kier molecular flexibility index (Phi) is 7.97. The minimum Gasteiger partial charge on any atom is -0.478 e. The van der Waals surface area contributed by atoms with Gasteiger partial charge in [0.05, 0.1) is 23.5 Å². The van der Waals surface area contributed by atoms with Crippen molar-refractivity contribution in [3.63, 3.8) is 0 Å². The maximum absolute atomic E-state index is 13.4. The first-order valence-corrected chi connectivity index (χ1v) is 14.2. The van der Waals surface area contributed by atoms with Gasteiger partial charge in [0.25, 0.3) is 0 Å². The molecule has 0 bridgehead atoms. The summed E-state index contributed by atoms with van der Waals surface area (Å²) in [5.41, 5.74) is 6.32. The lowest BCUT2D eigenvalue weighted by molar-refractivity contribution is -0.133. The number of hydrogen-bond acceptors (Lipinski definition) is 6. The van der Waals surface area contributed by atoms with E-state index in [4.69, 9.17) is 28.9 Å². The predicted molar refractivity (Wildman–Crippen MR) is 147 cm³/mol. The van der Waals surface area contributed by atoms with E-state index in [1.807, 2.05) is 0 Å². The van der Waals surface area contributed by atoms with Gasteiger partial charge in [-0.25, -0.2) is 9.59 Å². The Morgan fingerprint density at radius 3 is 2.05 bits per heavy atom. The van der Waals surface area contributed by atoms with Crippen LogP contribution in [-0.4, -0.2) is 76.1 Å². The second-order valence-corrected chi connectivity index (χ2v) is 12.0. The summed E-state index contributed by atoms with van der Waals surface area (Å²) in [7, 11) is 0. The summed E-state index contributed by atoms with van der Waals surface area (Å²) in [5, 5.41) is 23.4. The van der Waals surface area contributed by atoms with Crippen molar-refractivity contribution in [2.24, 2.45) is 17.6 Å². The molecular formula is C28H34Cl2N4O5. The van der Waals surface area contributed by atoms with Gasteiger partial charge in [0.2, 0.25) is 5.91 Å². The van der Waals surface area contributed by atoms with Gasteiger partial charge in [-0.3, -0.25) is 9.69 Å². The highest BCUT2D eigenvalue weighted by Gasteiger charge is 2.43. The van der Waals surface area contributed by atoms with Crippen LogP contribution in [0.4, 0.5) is 0 Å². The molecule has 0 radical (unpaired) electrons. The molecule has 2 aliphatic heterocycles. The number of benzene rings is 1. The fourth-order valence-electron chi connectivity index (χ4n) is 7.18. The molecule has 2 aliphatic carbocycles. The number of fused-ring (bicyclic) bond motifs is 1. The molecule has 3 fully saturated rings. The van der Waals surface area contributed by atoms with Crippen LogP contribution >= 0.6 is 23.2 Å². The van der Waals surface area contributed by atoms with E-state index >= 15 is 0 Å². The fourth-order valence-corrected chi connectivity index (χ4v) is 7.79. The standard InChI is InChI=1S/C28H34Cl2N4O5/c1-14-23(27(36)37)26(24-19(29)3-2-4-20(24)30)25(28(38)39)21(32-14)13-22(35)34-7-5-33(6-8-34)18-11-15-9-17(31)10-16(15)12-18/h2-4,15-18,26,32H,5-13,31H2,1H3,(H,36,37)(H,38,39). The quantitative estimate of drug-likeness (QED) is 0.404. The third-order valence-corrected chi connectivity index (χ3v) is 9.59. The van der Waals surface area contributed by atoms with Crippen molar-refractivity contribution < 1.29 is 24.6 Å². The summed E-state index contributed by atoms with van der Waals surface area (Å²) in [6.07, 6.45) is 4.39. The number of carboxylic acids is 2. The molecule has 0 spiro atoms. The topological polar surface area (TPSA) is 136 Å². The average molecular weight is 578 g/mol. The van der Waals surface area contributed by atoms with Crippen LogP contribution in [0.25, 0.3) is 0 Å². The molecule has 1 saturated heterocycles. The van der Waals surface area contributed by atoms with Gasteiger partial charge in [0.1, 0.15) is 0 Å². The summed E-state index contributed by atoms with van der Waals surface area (Å²) in [6, 6.07) is 5.56. The van der Waals surface area contributed by atoms with Gasteiger partial charge in [0, 0.05) is 65.3 Å². The molecule has 2 heterocycles. The lowest BCUT2D eigenvalue weighted by atomic mass is 9.79. The fraction of sp³-hybridized carbons (Fsp3) is 0.536. The van der Waals surface area contributed by atoms with Crippen LogP contribution in [0, 0.1) is 11.8 Å². The smallest absolute Gasteiger partial charge is 0.334 e.